The maximum atomic E-state index is 13.3. The molecule has 2 aliphatic rings. The van der Waals surface area contributed by atoms with Crippen LogP contribution in [0.3, 0.4) is 0 Å². The number of halogens is 1. The number of likely N-dealkylation sites (tertiary alicyclic amines) is 1. The third kappa shape index (κ3) is 2.48. The van der Waals surface area contributed by atoms with E-state index >= 15 is 0 Å². The van der Waals surface area contributed by atoms with Crippen LogP contribution in [0.2, 0.25) is 0 Å². The summed E-state index contributed by atoms with van der Waals surface area (Å²) in [5.41, 5.74) is 6.09. The summed E-state index contributed by atoms with van der Waals surface area (Å²) in [4.78, 5) is 14.1. The highest BCUT2D eigenvalue weighted by atomic mass is 19.1. The summed E-state index contributed by atoms with van der Waals surface area (Å²) in [7, 11) is 0. The second-order valence-corrected chi connectivity index (χ2v) is 5.21. The number of carbonyl (C=O) groups is 1. The van der Waals surface area contributed by atoms with E-state index < -0.39 is 11.6 Å². The molecular formula is C14H17FN2O3. The van der Waals surface area contributed by atoms with E-state index in [0.717, 1.165) is 12.8 Å². The molecular weight excluding hydrogens is 263 g/mol. The van der Waals surface area contributed by atoms with E-state index in [2.05, 4.69) is 0 Å². The number of ether oxygens (including phenoxy) is 2. The van der Waals surface area contributed by atoms with Crippen molar-refractivity contribution in [2.24, 2.45) is 0 Å². The van der Waals surface area contributed by atoms with Crippen LogP contribution in [-0.4, -0.2) is 42.9 Å². The van der Waals surface area contributed by atoms with Crippen LogP contribution in [0.25, 0.3) is 0 Å². The SMILES string of the molecule is Nc1cc(F)cc(C(=O)N2CCCC3(C2)OCCO3)c1. The Morgan fingerprint density at radius 2 is 2.05 bits per heavy atom. The number of rotatable bonds is 1. The maximum Gasteiger partial charge on any atom is 0.254 e. The van der Waals surface area contributed by atoms with E-state index in [0.29, 0.717) is 26.3 Å². The predicted octanol–water partition coefficient (Wildman–Crippen LogP) is 1.39. The summed E-state index contributed by atoms with van der Waals surface area (Å²) in [6.45, 7) is 2.09. The van der Waals surface area contributed by atoms with E-state index in [-0.39, 0.29) is 17.2 Å². The van der Waals surface area contributed by atoms with Crippen molar-refractivity contribution in [1.29, 1.82) is 0 Å². The first kappa shape index (κ1) is 13.3. The smallest absolute Gasteiger partial charge is 0.254 e. The molecule has 0 unspecified atom stereocenters. The summed E-state index contributed by atoms with van der Waals surface area (Å²) in [6, 6.07) is 3.89. The average molecular weight is 280 g/mol. The van der Waals surface area contributed by atoms with Gasteiger partial charge in [0, 0.05) is 24.2 Å². The van der Waals surface area contributed by atoms with Crippen molar-refractivity contribution in [3.8, 4) is 0 Å². The standard InChI is InChI=1S/C14H17FN2O3/c15-11-6-10(7-12(16)8-11)13(18)17-3-1-2-14(9-17)19-4-5-20-14/h6-8H,1-5,9,16H2. The van der Waals surface area contributed by atoms with Crippen LogP contribution >= 0.6 is 0 Å². The van der Waals surface area contributed by atoms with Gasteiger partial charge in [0.25, 0.3) is 5.91 Å². The molecule has 5 nitrogen and oxygen atoms in total. The Morgan fingerprint density at radius 3 is 2.75 bits per heavy atom. The van der Waals surface area contributed by atoms with Gasteiger partial charge in [-0.1, -0.05) is 0 Å². The van der Waals surface area contributed by atoms with Crippen LogP contribution < -0.4 is 5.73 Å². The molecule has 0 saturated carbocycles. The van der Waals surface area contributed by atoms with E-state index in [4.69, 9.17) is 15.2 Å². The molecule has 6 heteroatoms. The second-order valence-electron chi connectivity index (χ2n) is 5.21. The Kier molecular flexibility index (Phi) is 3.35. The molecule has 2 saturated heterocycles. The summed E-state index contributed by atoms with van der Waals surface area (Å²) in [5.74, 6) is -1.42. The average Bonchev–Trinajstić information content (AvgIpc) is 2.85. The summed E-state index contributed by atoms with van der Waals surface area (Å²) >= 11 is 0. The number of nitrogens with zero attached hydrogens (tertiary/aromatic N) is 1. The number of carbonyl (C=O) groups excluding carboxylic acids is 1. The molecule has 0 aliphatic carbocycles. The molecule has 20 heavy (non-hydrogen) atoms. The van der Waals surface area contributed by atoms with Crippen molar-refractivity contribution >= 4 is 11.6 Å². The van der Waals surface area contributed by atoms with Crippen molar-refractivity contribution in [2.45, 2.75) is 18.6 Å². The maximum absolute atomic E-state index is 13.3. The van der Waals surface area contributed by atoms with Gasteiger partial charge in [0.05, 0.1) is 19.8 Å². The molecule has 2 aliphatic heterocycles. The number of piperidine rings is 1. The highest BCUT2D eigenvalue weighted by Crippen LogP contribution is 2.30. The van der Waals surface area contributed by atoms with Gasteiger partial charge in [-0.05, 0) is 24.6 Å². The van der Waals surface area contributed by atoms with Crippen molar-refractivity contribution in [2.75, 3.05) is 32.0 Å². The molecule has 1 spiro atoms. The van der Waals surface area contributed by atoms with Gasteiger partial charge in [0.1, 0.15) is 5.82 Å². The van der Waals surface area contributed by atoms with Gasteiger partial charge in [-0.3, -0.25) is 4.79 Å². The van der Waals surface area contributed by atoms with E-state index in [1.165, 1.54) is 18.2 Å². The lowest BCUT2D eigenvalue weighted by Gasteiger charge is -2.38. The molecule has 1 aromatic rings. The Morgan fingerprint density at radius 1 is 1.30 bits per heavy atom. The molecule has 0 atom stereocenters. The fraction of sp³-hybridized carbons (Fsp3) is 0.500. The topological polar surface area (TPSA) is 64.8 Å². The Balaban J connectivity index is 1.79. The van der Waals surface area contributed by atoms with Gasteiger partial charge in [-0.2, -0.15) is 0 Å². The molecule has 0 bridgehead atoms. The number of hydrogen-bond acceptors (Lipinski definition) is 4. The second kappa shape index (κ2) is 5.03. The van der Waals surface area contributed by atoms with E-state index in [1.54, 1.807) is 4.90 Å². The van der Waals surface area contributed by atoms with Gasteiger partial charge in [-0.25, -0.2) is 4.39 Å². The van der Waals surface area contributed by atoms with Crippen LogP contribution in [0.5, 0.6) is 0 Å². The number of nitrogen functional groups attached to an aromatic ring is 1. The van der Waals surface area contributed by atoms with Gasteiger partial charge in [0.2, 0.25) is 0 Å². The van der Waals surface area contributed by atoms with Crippen molar-refractivity contribution < 1.29 is 18.7 Å². The normalized spacial score (nSPS) is 21.4. The van der Waals surface area contributed by atoms with Crippen LogP contribution in [0.15, 0.2) is 18.2 Å². The minimum Gasteiger partial charge on any atom is -0.399 e. The summed E-state index contributed by atoms with van der Waals surface area (Å²) < 4.78 is 24.6. The number of anilines is 1. The first-order chi connectivity index (χ1) is 9.58. The van der Waals surface area contributed by atoms with Gasteiger partial charge in [0.15, 0.2) is 5.79 Å². The molecule has 3 rings (SSSR count). The fourth-order valence-corrected chi connectivity index (χ4v) is 2.81. The fourth-order valence-electron chi connectivity index (χ4n) is 2.81. The zero-order valence-corrected chi connectivity index (χ0v) is 11.1. The molecule has 0 radical (unpaired) electrons. The van der Waals surface area contributed by atoms with Crippen molar-refractivity contribution in [3.05, 3.63) is 29.6 Å². The largest absolute Gasteiger partial charge is 0.399 e. The Hall–Kier alpha value is -1.66. The number of hydrogen-bond donors (Lipinski definition) is 1. The Labute approximate surface area is 116 Å². The van der Waals surface area contributed by atoms with Crippen molar-refractivity contribution in [3.63, 3.8) is 0 Å². The number of nitrogens with two attached hydrogens (primary N) is 1. The molecule has 2 heterocycles. The van der Waals surface area contributed by atoms with Gasteiger partial charge >= 0.3 is 0 Å². The Bertz CT molecular complexity index is 509. The highest BCUT2D eigenvalue weighted by Gasteiger charge is 2.42. The lowest BCUT2D eigenvalue weighted by molar-refractivity contribution is -0.183. The molecule has 2 N–H and O–H groups in total. The third-order valence-electron chi connectivity index (χ3n) is 3.69. The van der Waals surface area contributed by atoms with E-state index in [1.807, 2.05) is 0 Å². The zero-order chi connectivity index (χ0) is 14.2. The van der Waals surface area contributed by atoms with Crippen LogP contribution in [0, 0.1) is 5.82 Å². The van der Waals surface area contributed by atoms with Gasteiger partial charge in [-0.15, -0.1) is 0 Å². The molecule has 108 valence electrons. The highest BCUT2D eigenvalue weighted by molar-refractivity contribution is 5.95. The lowest BCUT2D eigenvalue weighted by Crippen LogP contribution is -2.51. The van der Waals surface area contributed by atoms with Crippen LogP contribution in [-0.2, 0) is 9.47 Å². The van der Waals surface area contributed by atoms with Gasteiger partial charge < -0.3 is 20.1 Å². The van der Waals surface area contributed by atoms with Crippen LogP contribution in [0.1, 0.15) is 23.2 Å². The van der Waals surface area contributed by atoms with Crippen molar-refractivity contribution in [1.82, 2.24) is 4.90 Å². The molecule has 0 aromatic heterocycles. The zero-order valence-electron chi connectivity index (χ0n) is 11.1. The molecule has 1 aromatic carbocycles. The predicted molar refractivity (Wildman–Crippen MR) is 70.6 cm³/mol. The number of benzene rings is 1. The first-order valence-corrected chi connectivity index (χ1v) is 6.71. The number of amides is 1. The first-order valence-electron chi connectivity index (χ1n) is 6.71. The summed E-state index contributed by atoms with van der Waals surface area (Å²) in [6.07, 6.45) is 1.58. The van der Waals surface area contributed by atoms with E-state index in [9.17, 15) is 9.18 Å². The third-order valence-corrected chi connectivity index (χ3v) is 3.69. The lowest BCUT2D eigenvalue weighted by atomic mass is 10.0. The molecule has 2 fully saturated rings. The monoisotopic (exact) mass is 280 g/mol. The quantitative estimate of drug-likeness (QED) is 0.789. The summed E-state index contributed by atoms with van der Waals surface area (Å²) in [5, 5.41) is 0. The minimum absolute atomic E-state index is 0.241. The van der Waals surface area contributed by atoms with Crippen LogP contribution in [0.4, 0.5) is 10.1 Å². The molecule has 1 amide bonds. The minimum atomic E-state index is -0.674.